The van der Waals surface area contributed by atoms with Gasteiger partial charge in [0.15, 0.2) is 0 Å². The first-order valence-electron chi connectivity index (χ1n) is 5.03. The summed E-state index contributed by atoms with van der Waals surface area (Å²) in [6.45, 7) is 15.4. The highest BCUT2D eigenvalue weighted by atomic mass is 35.5. The van der Waals surface area contributed by atoms with Crippen molar-refractivity contribution in [3.63, 3.8) is 0 Å². The van der Waals surface area contributed by atoms with Gasteiger partial charge in [-0.1, -0.05) is 31.9 Å². The topological polar surface area (TPSA) is 21.6 Å². The van der Waals surface area contributed by atoms with Crippen molar-refractivity contribution in [3.05, 3.63) is 23.8 Å². The SMILES string of the molecule is C=C(Cl)N=CC(=C)B(C)OC(C)(C)CC. The van der Waals surface area contributed by atoms with E-state index in [1.165, 1.54) is 0 Å². The molecule has 0 N–H and O–H groups in total. The van der Waals surface area contributed by atoms with Crippen LogP contribution in [-0.2, 0) is 4.65 Å². The Morgan fingerprint density at radius 2 is 2.07 bits per heavy atom. The van der Waals surface area contributed by atoms with Crippen LogP contribution in [0.3, 0.4) is 0 Å². The van der Waals surface area contributed by atoms with Crippen LogP contribution < -0.4 is 0 Å². The summed E-state index contributed by atoms with van der Waals surface area (Å²) in [5.41, 5.74) is 0.645. The van der Waals surface area contributed by atoms with Gasteiger partial charge in [0.05, 0.1) is 0 Å². The summed E-state index contributed by atoms with van der Waals surface area (Å²) < 4.78 is 5.82. The monoisotopic (exact) mass is 227 g/mol. The van der Waals surface area contributed by atoms with Gasteiger partial charge < -0.3 is 4.65 Å². The van der Waals surface area contributed by atoms with Gasteiger partial charge in [0.25, 0.3) is 0 Å². The first-order chi connectivity index (χ1) is 6.78. The summed E-state index contributed by atoms with van der Waals surface area (Å²) in [5, 5.41) is 0.248. The lowest BCUT2D eigenvalue weighted by molar-refractivity contribution is 0.107. The minimum Gasteiger partial charge on any atom is -0.426 e. The highest BCUT2D eigenvalue weighted by molar-refractivity contribution is 6.64. The number of halogens is 1. The first-order valence-corrected chi connectivity index (χ1v) is 5.41. The zero-order chi connectivity index (χ0) is 12.1. The Hall–Kier alpha value is -0.535. The molecule has 0 aliphatic rings. The third-order valence-electron chi connectivity index (χ3n) is 2.24. The van der Waals surface area contributed by atoms with Gasteiger partial charge in [-0.05, 0) is 25.7 Å². The molecule has 0 aliphatic heterocycles. The van der Waals surface area contributed by atoms with Crippen molar-refractivity contribution < 1.29 is 4.65 Å². The zero-order valence-electron chi connectivity index (χ0n) is 10.0. The van der Waals surface area contributed by atoms with Gasteiger partial charge in [-0.3, -0.25) is 0 Å². The second-order valence-corrected chi connectivity index (χ2v) is 4.52. The number of allylic oxidation sites excluding steroid dienone is 1. The molecule has 0 fully saturated rings. The largest absolute Gasteiger partial charge is 0.426 e. The molecule has 0 saturated carbocycles. The summed E-state index contributed by atoms with van der Waals surface area (Å²) in [6, 6.07) is 0. The average molecular weight is 228 g/mol. The minimum absolute atomic E-state index is 0.0697. The summed E-state index contributed by atoms with van der Waals surface area (Å²) in [5.74, 6) is 0. The predicted molar refractivity (Wildman–Crippen MR) is 69.7 cm³/mol. The van der Waals surface area contributed by atoms with E-state index in [1.807, 2.05) is 6.82 Å². The van der Waals surface area contributed by atoms with Crippen LogP contribution in [0, 0.1) is 0 Å². The summed E-state index contributed by atoms with van der Waals surface area (Å²) in [7, 11) is 0. The van der Waals surface area contributed by atoms with Crippen LogP contribution in [0.15, 0.2) is 28.8 Å². The Bertz CT molecular complexity index is 274. The van der Waals surface area contributed by atoms with Crippen LogP contribution in [0.2, 0.25) is 6.82 Å². The van der Waals surface area contributed by atoms with E-state index in [4.69, 9.17) is 16.3 Å². The molecular weight excluding hydrogens is 208 g/mol. The standard InChI is InChI=1S/C11H19BClNO/c1-7-11(4,5)15-12(6)9(2)8-14-10(3)13/h8H,2-3,7H2,1,4-6H3. The van der Waals surface area contributed by atoms with Crippen molar-refractivity contribution in [1.82, 2.24) is 0 Å². The molecule has 2 nitrogen and oxygen atoms in total. The normalized spacial score (nSPS) is 11.8. The third-order valence-corrected chi connectivity index (χ3v) is 2.34. The van der Waals surface area contributed by atoms with Crippen molar-refractivity contribution in [1.29, 1.82) is 0 Å². The molecule has 0 bridgehead atoms. The quantitative estimate of drug-likeness (QED) is 0.385. The van der Waals surface area contributed by atoms with Gasteiger partial charge in [-0.25, -0.2) is 4.99 Å². The number of nitrogens with zero attached hydrogens (tertiary/aromatic N) is 1. The molecule has 0 aromatic heterocycles. The maximum atomic E-state index is 5.82. The van der Waals surface area contributed by atoms with E-state index in [1.54, 1.807) is 6.21 Å². The second-order valence-electron chi connectivity index (χ2n) is 4.08. The molecule has 0 heterocycles. The zero-order valence-corrected chi connectivity index (χ0v) is 10.8. The van der Waals surface area contributed by atoms with E-state index in [9.17, 15) is 0 Å². The number of hydrogen-bond donors (Lipinski definition) is 0. The van der Waals surface area contributed by atoms with Crippen molar-refractivity contribution >= 4 is 24.7 Å². The van der Waals surface area contributed by atoms with Gasteiger partial charge >= 0.3 is 6.92 Å². The highest BCUT2D eigenvalue weighted by Gasteiger charge is 2.22. The molecule has 0 spiro atoms. The maximum Gasteiger partial charge on any atom is 0.325 e. The summed E-state index contributed by atoms with van der Waals surface area (Å²) in [4.78, 5) is 3.87. The Kier molecular flexibility index (Phi) is 5.92. The van der Waals surface area contributed by atoms with Crippen molar-refractivity contribution in [2.75, 3.05) is 0 Å². The highest BCUT2D eigenvalue weighted by Crippen LogP contribution is 2.17. The Morgan fingerprint density at radius 1 is 1.53 bits per heavy atom. The fourth-order valence-corrected chi connectivity index (χ4v) is 0.944. The summed E-state index contributed by atoms with van der Waals surface area (Å²) >= 11 is 5.51. The van der Waals surface area contributed by atoms with Crippen LogP contribution >= 0.6 is 11.6 Å². The van der Waals surface area contributed by atoms with Gasteiger partial charge in [0.1, 0.15) is 5.16 Å². The molecule has 0 aliphatic carbocycles. The minimum atomic E-state index is -0.145. The first kappa shape index (κ1) is 14.5. The van der Waals surface area contributed by atoms with Gasteiger partial charge in [-0.2, -0.15) is 0 Å². The van der Waals surface area contributed by atoms with Crippen LogP contribution in [-0.4, -0.2) is 18.7 Å². The number of hydrogen-bond acceptors (Lipinski definition) is 2. The predicted octanol–water partition coefficient (Wildman–Crippen LogP) is 3.69. The van der Waals surface area contributed by atoms with E-state index in [2.05, 4.69) is 38.9 Å². The van der Waals surface area contributed by atoms with Crippen LogP contribution in [0.5, 0.6) is 0 Å². The lowest BCUT2D eigenvalue weighted by Gasteiger charge is -2.27. The lowest BCUT2D eigenvalue weighted by Crippen LogP contribution is -2.32. The van der Waals surface area contributed by atoms with Crippen LogP contribution in [0.4, 0.5) is 0 Å². The molecule has 0 atom stereocenters. The van der Waals surface area contributed by atoms with Crippen molar-refractivity contribution in [2.24, 2.45) is 4.99 Å². The van der Waals surface area contributed by atoms with Gasteiger partial charge in [-0.15, -0.1) is 6.58 Å². The van der Waals surface area contributed by atoms with Crippen molar-refractivity contribution in [3.8, 4) is 0 Å². The van der Waals surface area contributed by atoms with E-state index in [-0.39, 0.29) is 17.7 Å². The van der Waals surface area contributed by atoms with Crippen molar-refractivity contribution in [2.45, 2.75) is 39.6 Å². The molecule has 0 saturated heterocycles. The molecule has 84 valence electrons. The Morgan fingerprint density at radius 3 is 2.47 bits per heavy atom. The fourth-order valence-electron chi connectivity index (χ4n) is 0.895. The molecular formula is C11H19BClNO. The Labute approximate surface area is 98.2 Å². The molecule has 4 heteroatoms. The maximum absolute atomic E-state index is 5.82. The molecule has 0 unspecified atom stereocenters. The smallest absolute Gasteiger partial charge is 0.325 e. The number of rotatable bonds is 6. The molecule has 0 rings (SSSR count). The number of aliphatic imine (C=N–C) groups is 1. The molecule has 0 radical (unpaired) electrons. The molecule has 0 aromatic carbocycles. The summed E-state index contributed by atoms with van der Waals surface area (Å²) in [6.07, 6.45) is 2.54. The second kappa shape index (κ2) is 6.14. The van der Waals surface area contributed by atoms with E-state index >= 15 is 0 Å². The fraction of sp³-hybridized carbons (Fsp3) is 0.545. The van der Waals surface area contributed by atoms with E-state index < -0.39 is 0 Å². The lowest BCUT2D eigenvalue weighted by atomic mass is 9.63. The molecule has 15 heavy (non-hydrogen) atoms. The molecule has 0 amide bonds. The van der Waals surface area contributed by atoms with Crippen LogP contribution in [0.25, 0.3) is 0 Å². The molecule has 0 aromatic rings. The van der Waals surface area contributed by atoms with Crippen LogP contribution in [0.1, 0.15) is 27.2 Å². The third kappa shape index (κ3) is 6.53. The van der Waals surface area contributed by atoms with E-state index in [0.29, 0.717) is 0 Å². The van der Waals surface area contributed by atoms with E-state index in [0.717, 1.165) is 11.9 Å². The van der Waals surface area contributed by atoms with Gasteiger partial charge in [0, 0.05) is 11.8 Å². The average Bonchev–Trinajstić information content (AvgIpc) is 2.13. The van der Waals surface area contributed by atoms with Gasteiger partial charge in [0.2, 0.25) is 0 Å². The Balaban J connectivity index is 4.28.